The minimum absolute atomic E-state index is 0.0573. The summed E-state index contributed by atoms with van der Waals surface area (Å²) in [7, 11) is 0. The van der Waals surface area contributed by atoms with Gasteiger partial charge in [-0.3, -0.25) is 4.79 Å². The van der Waals surface area contributed by atoms with Crippen molar-refractivity contribution in [3.05, 3.63) is 24.3 Å². The summed E-state index contributed by atoms with van der Waals surface area (Å²) in [5, 5.41) is 5.33. The lowest BCUT2D eigenvalue weighted by molar-refractivity contribution is -0.125. The quantitative estimate of drug-likeness (QED) is 0.673. The molecule has 1 aliphatic carbocycles. The van der Waals surface area contributed by atoms with Gasteiger partial charge in [0.05, 0.1) is 5.41 Å². The van der Waals surface area contributed by atoms with Crippen LogP contribution in [-0.4, -0.2) is 18.0 Å². The molecule has 0 spiro atoms. The van der Waals surface area contributed by atoms with Gasteiger partial charge in [-0.05, 0) is 44.0 Å². The summed E-state index contributed by atoms with van der Waals surface area (Å²) in [5.41, 5.74) is 11.8. The third-order valence-corrected chi connectivity index (χ3v) is 3.96. The molecule has 1 saturated carbocycles. The zero-order valence-electron chi connectivity index (χ0n) is 11.5. The first-order valence-corrected chi connectivity index (χ1v) is 6.65. The Morgan fingerprint density at radius 3 is 2.20 bits per heavy atom. The van der Waals surface area contributed by atoms with Crippen molar-refractivity contribution in [2.45, 2.75) is 32.2 Å². The molecule has 20 heavy (non-hydrogen) atoms. The number of hydrogen-bond donors (Lipinski definition) is 4. The Hall–Kier alpha value is -2.08. The third-order valence-electron chi connectivity index (χ3n) is 3.96. The number of primary amides is 1. The smallest absolute Gasteiger partial charge is 0.316 e. The summed E-state index contributed by atoms with van der Waals surface area (Å²) in [6.07, 6.45) is 2.67. The van der Waals surface area contributed by atoms with Gasteiger partial charge >= 0.3 is 6.03 Å². The molecule has 1 aromatic rings. The molecule has 1 fully saturated rings. The summed E-state index contributed by atoms with van der Waals surface area (Å²) >= 11 is 0. The van der Waals surface area contributed by atoms with Crippen molar-refractivity contribution >= 4 is 23.3 Å². The predicted molar refractivity (Wildman–Crippen MR) is 78.2 cm³/mol. The Bertz CT molecular complexity index is 514. The minimum atomic E-state index is -0.619. The predicted octanol–water partition coefficient (Wildman–Crippen LogP) is 1.63. The van der Waals surface area contributed by atoms with Crippen molar-refractivity contribution in [2.75, 3.05) is 10.6 Å². The van der Waals surface area contributed by atoms with Crippen LogP contribution >= 0.6 is 0 Å². The zero-order valence-corrected chi connectivity index (χ0v) is 11.5. The van der Waals surface area contributed by atoms with Gasteiger partial charge in [0.15, 0.2) is 0 Å². The Balaban J connectivity index is 2.03. The summed E-state index contributed by atoms with van der Waals surface area (Å²) in [6, 6.07) is 6.07. The molecule has 1 aliphatic rings. The SMILES string of the molecule is CC1(C(=O)Nc2ccc(NC(N)=O)cc2)CCCC1N. The summed E-state index contributed by atoms with van der Waals surface area (Å²) in [4.78, 5) is 23.0. The van der Waals surface area contributed by atoms with Gasteiger partial charge in [0.25, 0.3) is 0 Å². The highest BCUT2D eigenvalue weighted by molar-refractivity contribution is 5.96. The van der Waals surface area contributed by atoms with Crippen LogP contribution in [0, 0.1) is 5.41 Å². The number of carbonyl (C=O) groups is 2. The van der Waals surface area contributed by atoms with E-state index in [0.29, 0.717) is 11.4 Å². The van der Waals surface area contributed by atoms with Gasteiger partial charge in [0.2, 0.25) is 5.91 Å². The Labute approximate surface area is 117 Å². The number of urea groups is 1. The molecule has 0 aliphatic heterocycles. The van der Waals surface area contributed by atoms with Crippen LogP contribution < -0.4 is 22.1 Å². The standard InChI is InChI=1S/C14H20N4O2/c1-14(8-2-3-11(14)15)12(19)17-9-4-6-10(7-5-9)18-13(16)20/h4-7,11H,2-3,8,15H2,1H3,(H,17,19)(H3,16,18,20). The van der Waals surface area contributed by atoms with Crippen LogP contribution in [-0.2, 0) is 4.79 Å². The van der Waals surface area contributed by atoms with E-state index in [1.54, 1.807) is 24.3 Å². The van der Waals surface area contributed by atoms with Crippen LogP contribution in [0.15, 0.2) is 24.3 Å². The zero-order chi connectivity index (χ0) is 14.8. The fourth-order valence-electron chi connectivity index (χ4n) is 2.53. The average molecular weight is 276 g/mol. The second-order valence-corrected chi connectivity index (χ2v) is 5.44. The first-order valence-electron chi connectivity index (χ1n) is 6.65. The van der Waals surface area contributed by atoms with E-state index in [1.165, 1.54) is 0 Å². The third kappa shape index (κ3) is 2.91. The van der Waals surface area contributed by atoms with Gasteiger partial charge < -0.3 is 22.1 Å². The molecule has 0 heterocycles. The van der Waals surface area contributed by atoms with Crippen molar-refractivity contribution in [3.8, 4) is 0 Å². The van der Waals surface area contributed by atoms with E-state index in [4.69, 9.17) is 11.5 Å². The van der Waals surface area contributed by atoms with E-state index in [1.807, 2.05) is 6.92 Å². The molecular weight excluding hydrogens is 256 g/mol. The summed E-state index contributed by atoms with van der Waals surface area (Å²) in [6.45, 7) is 1.91. The molecule has 0 saturated heterocycles. The van der Waals surface area contributed by atoms with Gasteiger partial charge in [-0.1, -0.05) is 6.42 Å². The maximum atomic E-state index is 12.3. The monoisotopic (exact) mass is 276 g/mol. The van der Waals surface area contributed by atoms with Crippen molar-refractivity contribution in [2.24, 2.45) is 16.9 Å². The molecule has 2 atom stereocenters. The molecule has 2 rings (SSSR count). The average Bonchev–Trinajstić information content (AvgIpc) is 2.73. The molecule has 3 amide bonds. The molecule has 2 unspecified atom stereocenters. The number of amides is 3. The maximum Gasteiger partial charge on any atom is 0.316 e. The molecule has 0 aromatic heterocycles. The normalized spacial score (nSPS) is 25.2. The fraction of sp³-hybridized carbons (Fsp3) is 0.429. The lowest BCUT2D eigenvalue weighted by Crippen LogP contribution is -2.44. The van der Waals surface area contributed by atoms with E-state index in [2.05, 4.69) is 10.6 Å². The van der Waals surface area contributed by atoms with Crippen molar-refractivity contribution in [1.29, 1.82) is 0 Å². The van der Waals surface area contributed by atoms with Crippen LogP contribution in [0.5, 0.6) is 0 Å². The van der Waals surface area contributed by atoms with Crippen LogP contribution in [0.4, 0.5) is 16.2 Å². The van der Waals surface area contributed by atoms with Crippen molar-refractivity contribution in [3.63, 3.8) is 0 Å². The number of nitrogens with two attached hydrogens (primary N) is 2. The number of anilines is 2. The Kier molecular flexibility index (Phi) is 3.94. The highest BCUT2D eigenvalue weighted by Gasteiger charge is 2.42. The van der Waals surface area contributed by atoms with Crippen LogP contribution in [0.1, 0.15) is 26.2 Å². The second-order valence-electron chi connectivity index (χ2n) is 5.44. The first-order chi connectivity index (χ1) is 9.41. The Morgan fingerprint density at radius 1 is 1.20 bits per heavy atom. The molecule has 108 valence electrons. The molecule has 0 radical (unpaired) electrons. The Morgan fingerprint density at radius 2 is 1.75 bits per heavy atom. The van der Waals surface area contributed by atoms with E-state index < -0.39 is 11.4 Å². The summed E-state index contributed by atoms with van der Waals surface area (Å²) < 4.78 is 0. The van der Waals surface area contributed by atoms with Crippen molar-refractivity contribution < 1.29 is 9.59 Å². The minimum Gasteiger partial charge on any atom is -0.351 e. The summed E-state index contributed by atoms with van der Waals surface area (Å²) in [5.74, 6) is -0.0573. The van der Waals surface area contributed by atoms with Gasteiger partial charge in [-0.25, -0.2) is 4.79 Å². The van der Waals surface area contributed by atoms with Gasteiger partial charge in [0.1, 0.15) is 0 Å². The number of hydrogen-bond acceptors (Lipinski definition) is 3. The van der Waals surface area contributed by atoms with Crippen LogP contribution in [0.25, 0.3) is 0 Å². The molecule has 6 heteroatoms. The number of nitrogens with one attached hydrogen (secondary N) is 2. The lowest BCUT2D eigenvalue weighted by Gasteiger charge is -2.27. The second kappa shape index (κ2) is 5.50. The molecule has 0 bridgehead atoms. The van der Waals surface area contributed by atoms with E-state index >= 15 is 0 Å². The lowest BCUT2D eigenvalue weighted by atomic mass is 9.84. The van der Waals surface area contributed by atoms with Crippen LogP contribution in [0.3, 0.4) is 0 Å². The van der Waals surface area contributed by atoms with Gasteiger partial charge in [0, 0.05) is 17.4 Å². The first kappa shape index (κ1) is 14.3. The van der Waals surface area contributed by atoms with Crippen LogP contribution in [0.2, 0.25) is 0 Å². The largest absolute Gasteiger partial charge is 0.351 e. The number of rotatable bonds is 3. The number of benzene rings is 1. The molecule has 6 N–H and O–H groups in total. The molecular formula is C14H20N4O2. The van der Waals surface area contributed by atoms with E-state index in [9.17, 15) is 9.59 Å². The highest BCUT2D eigenvalue weighted by Crippen LogP contribution is 2.37. The van der Waals surface area contributed by atoms with Crippen molar-refractivity contribution in [1.82, 2.24) is 0 Å². The topological polar surface area (TPSA) is 110 Å². The van der Waals surface area contributed by atoms with Gasteiger partial charge in [-0.2, -0.15) is 0 Å². The number of carbonyl (C=O) groups excluding carboxylic acids is 2. The maximum absolute atomic E-state index is 12.3. The van der Waals surface area contributed by atoms with Gasteiger partial charge in [-0.15, -0.1) is 0 Å². The molecule has 6 nitrogen and oxygen atoms in total. The highest BCUT2D eigenvalue weighted by atomic mass is 16.2. The van der Waals surface area contributed by atoms with E-state index in [0.717, 1.165) is 19.3 Å². The van der Waals surface area contributed by atoms with E-state index in [-0.39, 0.29) is 11.9 Å². The fourth-order valence-corrected chi connectivity index (χ4v) is 2.53. The molecule has 1 aromatic carbocycles.